The van der Waals surface area contributed by atoms with Crippen molar-refractivity contribution in [3.8, 4) is 0 Å². The van der Waals surface area contributed by atoms with Gasteiger partial charge in [-0.05, 0) is 12.2 Å². The number of hydrogen-bond acceptors (Lipinski definition) is 1. The number of rotatable bonds is 2. The van der Waals surface area contributed by atoms with Crippen LogP contribution in [0.25, 0.3) is 0 Å². The van der Waals surface area contributed by atoms with E-state index in [0.717, 1.165) is 0 Å². The summed E-state index contributed by atoms with van der Waals surface area (Å²) in [4.78, 5) is 10.4. The second-order valence-electron chi connectivity index (χ2n) is 2.15. The van der Waals surface area contributed by atoms with Crippen molar-refractivity contribution in [3.05, 3.63) is 24.3 Å². The van der Waals surface area contributed by atoms with Gasteiger partial charge in [-0.15, -0.1) is 0 Å². The highest BCUT2D eigenvalue weighted by molar-refractivity contribution is 5.99. The quantitative estimate of drug-likeness (QED) is 0.514. The van der Waals surface area contributed by atoms with Gasteiger partial charge in [-0.25, -0.2) is 0 Å². The summed E-state index contributed by atoms with van der Waals surface area (Å²) in [5.41, 5.74) is 0. The van der Waals surface area contributed by atoms with Gasteiger partial charge in [-0.3, -0.25) is 4.79 Å². The summed E-state index contributed by atoms with van der Waals surface area (Å²) < 4.78 is 68.4. The molecule has 0 aromatic rings. The van der Waals surface area contributed by atoms with Crippen LogP contribution in [0.2, 0.25) is 0 Å². The van der Waals surface area contributed by atoms with Crippen LogP contribution in [0.4, 0.5) is 26.3 Å². The molecule has 0 heterocycles. The van der Waals surface area contributed by atoms with Gasteiger partial charge in [-0.2, -0.15) is 26.3 Å². The van der Waals surface area contributed by atoms with E-state index in [1.54, 1.807) is 0 Å². The number of allylic oxidation sites excluding steroid dienone is 4. The first-order valence-electron chi connectivity index (χ1n) is 3.16. The highest BCUT2D eigenvalue weighted by atomic mass is 19.4. The summed E-state index contributed by atoms with van der Waals surface area (Å²) in [7, 11) is 0. The van der Waals surface area contributed by atoms with Gasteiger partial charge in [0.15, 0.2) is 5.78 Å². The van der Waals surface area contributed by atoms with Crippen molar-refractivity contribution in [1.82, 2.24) is 0 Å². The molecule has 14 heavy (non-hydrogen) atoms. The average Bonchev–Trinajstić information content (AvgIpc) is 1.94. The average molecular weight is 218 g/mol. The molecule has 0 radical (unpaired) electrons. The summed E-state index contributed by atoms with van der Waals surface area (Å²) in [5.74, 6) is -1.38. The minimum atomic E-state index is -4.71. The first kappa shape index (κ1) is 12.7. The van der Waals surface area contributed by atoms with Crippen molar-refractivity contribution in [3.63, 3.8) is 0 Å². The molecule has 0 atom stereocenters. The maximum Gasteiger partial charge on any atom is 0.409 e. The fourth-order valence-corrected chi connectivity index (χ4v) is 0.409. The molecule has 0 saturated carbocycles. The molecule has 0 aliphatic carbocycles. The van der Waals surface area contributed by atoms with Gasteiger partial charge in [0.2, 0.25) is 0 Å². The lowest BCUT2D eigenvalue weighted by Gasteiger charge is -1.96. The Bertz CT molecular complexity index is 230. The maximum absolute atomic E-state index is 11.4. The molecule has 0 rings (SSSR count). The van der Waals surface area contributed by atoms with E-state index in [0.29, 0.717) is 0 Å². The van der Waals surface area contributed by atoms with E-state index in [9.17, 15) is 31.1 Å². The molecule has 0 aliphatic heterocycles. The van der Waals surface area contributed by atoms with Crippen LogP contribution in [0.15, 0.2) is 24.3 Å². The van der Waals surface area contributed by atoms with Crippen molar-refractivity contribution < 1.29 is 31.1 Å². The number of carbonyl (C=O) groups is 1. The van der Waals surface area contributed by atoms with Crippen LogP contribution in [0.5, 0.6) is 0 Å². The number of alkyl halides is 6. The predicted molar refractivity (Wildman–Crippen MR) is 35.4 cm³/mol. The van der Waals surface area contributed by atoms with Gasteiger partial charge in [0.1, 0.15) is 0 Å². The minimum absolute atomic E-state index is 0.0161. The fraction of sp³-hybridized carbons (Fsp3) is 0.286. The smallest absolute Gasteiger partial charge is 0.290 e. The van der Waals surface area contributed by atoms with E-state index in [1.807, 2.05) is 0 Å². The molecule has 0 N–H and O–H groups in total. The molecule has 0 spiro atoms. The van der Waals surface area contributed by atoms with Gasteiger partial charge in [0.25, 0.3) is 0 Å². The first-order chi connectivity index (χ1) is 6.10. The SMILES string of the molecule is O=C(/C=C/C(F)(F)F)/C=C/C(F)(F)F. The summed E-state index contributed by atoms with van der Waals surface area (Å²) >= 11 is 0. The molecule has 0 unspecified atom stereocenters. The summed E-state index contributed by atoms with van der Waals surface area (Å²) in [6, 6.07) is 0. The number of halogens is 6. The van der Waals surface area contributed by atoms with Crippen molar-refractivity contribution in [2.24, 2.45) is 0 Å². The molecule has 7 heteroatoms. The topological polar surface area (TPSA) is 17.1 Å². The zero-order valence-corrected chi connectivity index (χ0v) is 6.49. The third-order valence-electron chi connectivity index (χ3n) is 0.873. The van der Waals surface area contributed by atoms with Gasteiger partial charge >= 0.3 is 12.4 Å². The molecule has 80 valence electrons. The maximum atomic E-state index is 11.4. The van der Waals surface area contributed by atoms with E-state index in [-0.39, 0.29) is 12.2 Å². The van der Waals surface area contributed by atoms with Crippen LogP contribution in [0.3, 0.4) is 0 Å². The Hall–Kier alpha value is -1.27. The van der Waals surface area contributed by atoms with E-state index >= 15 is 0 Å². The predicted octanol–water partition coefficient (Wildman–Crippen LogP) is 2.79. The minimum Gasteiger partial charge on any atom is -0.290 e. The second kappa shape index (κ2) is 4.30. The Kier molecular flexibility index (Phi) is 3.91. The Balaban J connectivity index is 4.27. The largest absolute Gasteiger partial charge is 0.409 e. The van der Waals surface area contributed by atoms with Crippen LogP contribution in [0.1, 0.15) is 0 Å². The zero-order chi connectivity index (χ0) is 11.4. The molecule has 0 aromatic heterocycles. The fourth-order valence-electron chi connectivity index (χ4n) is 0.409. The summed E-state index contributed by atoms with van der Waals surface area (Å²) in [6.07, 6.45) is -10.2. The third-order valence-corrected chi connectivity index (χ3v) is 0.873. The molecule has 0 fully saturated rings. The molecule has 0 bridgehead atoms. The third kappa shape index (κ3) is 8.82. The van der Waals surface area contributed by atoms with Crippen LogP contribution in [0, 0.1) is 0 Å². The number of hydrogen-bond donors (Lipinski definition) is 0. The number of ketones is 1. The van der Waals surface area contributed by atoms with Crippen molar-refractivity contribution in [2.75, 3.05) is 0 Å². The molecule has 0 aliphatic rings. The van der Waals surface area contributed by atoms with Gasteiger partial charge < -0.3 is 0 Å². The molecule has 0 saturated heterocycles. The Morgan fingerprint density at radius 1 is 0.786 bits per heavy atom. The highest BCUT2D eigenvalue weighted by Gasteiger charge is 2.24. The number of carbonyl (C=O) groups excluding carboxylic acids is 1. The van der Waals surface area contributed by atoms with Crippen LogP contribution in [-0.2, 0) is 4.79 Å². The highest BCUT2D eigenvalue weighted by Crippen LogP contribution is 2.17. The first-order valence-corrected chi connectivity index (χ1v) is 3.16. The lowest BCUT2D eigenvalue weighted by atomic mass is 10.3. The van der Waals surface area contributed by atoms with Crippen molar-refractivity contribution in [1.29, 1.82) is 0 Å². The zero-order valence-electron chi connectivity index (χ0n) is 6.49. The molecule has 1 nitrogen and oxygen atoms in total. The second-order valence-corrected chi connectivity index (χ2v) is 2.15. The Morgan fingerprint density at radius 3 is 1.29 bits per heavy atom. The van der Waals surface area contributed by atoms with Crippen molar-refractivity contribution >= 4 is 5.78 Å². The van der Waals surface area contributed by atoms with E-state index in [4.69, 9.17) is 0 Å². The van der Waals surface area contributed by atoms with E-state index < -0.39 is 30.3 Å². The summed E-state index contributed by atoms with van der Waals surface area (Å²) in [5, 5.41) is 0. The Morgan fingerprint density at radius 2 is 1.07 bits per heavy atom. The van der Waals surface area contributed by atoms with Crippen LogP contribution >= 0.6 is 0 Å². The molecule has 0 amide bonds. The lowest BCUT2D eigenvalue weighted by Crippen LogP contribution is -2.04. The molecular formula is C7H4F6O. The van der Waals surface area contributed by atoms with E-state index in [1.165, 1.54) is 0 Å². The normalized spacial score (nSPS) is 14.1. The standard InChI is InChI=1S/C7H4F6O/c8-6(9,10)3-1-5(14)2-4-7(11,12)13/h1-4H/b3-1+,4-2+. The lowest BCUT2D eigenvalue weighted by molar-refractivity contribution is -0.112. The molecular weight excluding hydrogens is 214 g/mol. The van der Waals surface area contributed by atoms with Crippen LogP contribution < -0.4 is 0 Å². The van der Waals surface area contributed by atoms with E-state index in [2.05, 4.69) is 0 Å². The van der Waals surface area contributed by atoms with Gasteiger partial charge in [0.05, 0.1) is 0 Å². The van der Waals surface area contributed by atoms with Gasteiger partial charge in [-0.1, -0.05) is 0 Å². The monoisotopic (exact) mass is 218 g/mol. The van der Waals surface area contributed by atoms with Crippen molar-refractivity contribution in [2.45, 2.75) is 12.4 Å². The van der Waals surface area contributed by atoms with Crippen LogP contribution in [-0.4, -0.2) is 18.1 Å². The Labute approximate surface area is 74.7 Å². The molecule has 0 aromatic carbocycles. The summed E-state index contributed by atoms with van der Waals surface area (Å²) in [6.45, 7) is 0. The van der Waals surface area contributed by atoms with Gasteiger partial charge in [0, 0.05) is 12.2 Å².